The fourth-order valence-electron chi connectivity index (χ4n) is 2.47. The van der Waals surface area contributed by atoms with E-state index in [0.29, 0.717) is 25.9 Å². The van der Waals surface area contributed by atoms with E-state index >= 15 is 0 Å². The molecule has 0 spiro atoms. The number of hydrogen-bond donors (Lipinski definition) is 1. The van der Waals surface area contributed by atoms with E-state index in [9.17, 15) is 9.90 Å². The fourth-order valence-corrected chi connectivity index (χ4v) is 3.75. The highest BCUT2D eigenvalue weighted by Gasteiger charge is 2.41. The van der Waals surface area contributed by atoms with Crippen molar-refractivity contribution in [2.75, 3.05) is 18.8 Å². The zero-order valence-electron chi connectivity index (χ0n) is 10.2. The molecule has 1 atom stereocenters. The van der Waals surface area contributed by atoms with Crippen molar-refractivity contribution in [2.45, 2.75) is 49.9 Å². The van der Waals surface area contributed by atoms with E-state index in [4.69, 9.17) is 0 Å². The zero-order valence-corrected chi connectivity index (χ0v) is 11.0. The summed E-state index contributed by atoms with van der Waals surface area (Å²) in [5, 5.41) is 9.86. The van der Waals surface area contributed by atoms with Crippen LogP contribution in [0.15, 0.2) is 0 Å². The van der Waals surface area contributed by atoms with Gasteiger partial charge in [0.15, 0.2) is 0 Å². The minimum absolute atomic E-state index is 0.191. The van der Waals surface area contributed by atoms with E-state index in [0.717, 1.165) is 18.6 Å². The summed E-state index contributed by atoms with van der Waals surface area (Å²) >= 11 is 1.79. The summed E-state index contributed by atoms with van der Waals surface area (Å²) < 4.78 is -0.191. The number of carbonyl (C=O) groups excluding carboxylic acids is 1. The summed E-state index contributed by atoms with van der Waals surface area (Å²) in [6, 6.07) is 0. The Bertz CT molecular complexity index is 275. The summed E-state index contributed by atoms with van der Waals surface area (Å²) in [6.45, 7) is 5.35. The summed E-state index contributed by atoms with van der Waals surface area (Å²) in [6.07, 6.45) is 3.57. The number of aliphatic hydroxyl groups is 1. The van der Waals surface area contributed by atoms with Gasteiger partial charge in [0.2, 0.25) is 5.91 Å². The fraction of sp³-hybridized carbons (Fsp3) is 0.917. The van der Waals surface area contributed by atoms with Crippen molar-refractivity contribution in [3.63, 3.8) is 0 Å². The highest BCUT2D eigenvalue weighted by atomic mass is 32.2. The minimum Gasteiger partial charge on any atom is -0.390 e. The molecule has 3 nitrogen and oxygen atoms in total. The number of thioether (sulfide) groups is 1. The van der Waals surface area contributed by atoms with Crippen LogP contribution in [0.5, 0.6) is 0 Å². The van der Waals surface area contributed by atoms with E-state index in [1.807, 2.05) is 11.8 Å². The van der Waals surface area contributed by atoms with Crippen molar-refractivity contribution in [1.29, 1.82) is 0 Å². The first-order valence-electron chi connectivity index (χ1n) is 6.09. The molecule has 1 N–H and O–H groups in total. The third-order valence-electron chi connectivity index (χ3n) is 3.80. The van der Waals surface area contributed by atoms with E-state index in [-0.39, 0.29) is 10.7 Å². The molecule has 0 aliphatic carbocycles. The van der Waals surface area contributed by atoms with Gasteiger partial charge in [0.1, 0.15) is 0 Å². The molecule has 2 heterocycles. The molecule has 2 fully saturated rings. The number of hydrogen-bond acceptors (Lipinski definition) is 3. The lowest BCUT2D eigenvalue weighted by Gasteiger charge is -2.39. The van der Waals surface area contributed by atoms with Gasteiger partial charge in [-0.1, -0.05) is 0 Å². The smallest absolute Gasteiger partial charge is 0.238 e. The highest BCUT2D eigenvalue weighted by Crippen LogP contribution is 2.40. The van der Waals surface area contributed by atoms with Crippen LogP contribution in [0.25, 0.3) is 0 Å². The quantitative estimate of drug-likeness (QED) is 0.761. The first-order valence-corrected chi connectivity index (χ1v) is 7.07. The van der Waals surface area contributed by atoms with Gasteiger partial charge >= 0.3 is 0 Å². The summed E-state index contributed by atoms with van der Waals surface area (Å²) in [5.74, 6) is 1.39. The Morgan fingerprint density at radius 1 is 1.25 bits per heavy atom. The van der Waals surface area contributed by atoms with Gasteiger partial charge in [-0.25, -0.2) is 0 Å². The van der Waals surface area contributed by atoms with Crippen molar-refractivity contribution >= 4 is 17.7 Å². The first kappa shape index (κ1) is 12.2. The number of piperidine rings is 1. The maximum Gasteiger partial charge on any atom is 0.238 e. The minimum atomic E-state index is -0.569. The van der Waals surface area contributed by atoms with Gasteiger partial charge in [-0.15, -0.1) is 11.8 Å². The number of likely N-dealkylation sites (tertiary alicyclic amines) is 1. The lowest BCUT2D eigenvalue weighted by molar-refractivity contribution is -0.137. The Balaban J connectivity index is 1.96. The van der Waals surface area contributed by atoms with Gasteiger partial charge in [0, 0.05) is 13.1 Å². The maximum absolute atomic E-state index is 12.4. The Hall–Kier alpha value is -0.220. The highest BCUT2D eigenvalue weighted by molar-refractivity contribution is 8.01. The molecule has 2 saturated heterocycles. The molecule has 1 amide bonds. The second-order valence-electron chi connectivity index (χ2n) is 5.47. The topological polar surface area (TPSA) is 40.5 Å². The van der Waals surface area contributed by atoms with Crippen LogP contribution in [0.4, 0.5) is 0 Å². The average molecular weight is 243 g/mol. The van der Waals surface area contributed by atoms with Crippen LogP contribution in [0, 0.1) is 0 Å². The Morgan fingerprint density at radius 3 is 2.38 bits per heavy atom. The van der Waals surface area contributed by atoms with Gasteiger partial charge in [0.05, 0.1) is 10.3 Å². The lowest BCUT2D eigenvalue weighted by Crippen LogP contribution is -2.50. The Labute approximate surface area is 102 Å². The monoisotopic (exact) mass is 243 g/mol. The van der Waals surface area contributed by atoms with Gasteiger partial charge < -0.3 is 10.0 Å². The van der Waals surface area contributed by atoms with Crippen molar-refractivity contribution in [3.05, 3.63) is 0 Å². The van der Waals surface area contributed by atoms with E-state index in [1.165, 1.54) is 0 Å². The number of carbonyl (C=O) groups is 1. The van der Waals surface area contributed by atoms with Crippen molar-refractivity contribution < 1.29 is 9.90 Å². The van der Waals surface area contributed by atoms with Crippen LogP contribution < -0.4 is 0 Å². The first-order chi connectivity index (χ1) is 7.43. The van der Waals surface area contributed by atoms with Crippen LogP contribution >= 0.6 is 11.8 Å². The molecule has 1 unspecified atom stereocenters. The zero-order chi connectivity index (χ0) is 11.8. The summed E-state index contributed by atoms with van der Waals surface area (Å²) in [7, 11) is 0. The lowest BCUT2D eigenvalue weighted by atomic mass is 9.92. The largest absolute Gasteiger partial charge is 0.390 e. The molecule has 0 saturated carbocycles. The van der Waals surface area contributed by atoms with Crippen LogP contribution in [-0.2, 0) is 4.79 Å². The van der Waals surface area contributed by atoms with Gasteiger partial charge in [0.25, 0.3) is 0 Å². The normalized spacial score (nSPS) is 34.1. The van der Waals surface area contributed by atoms with Crippen LogP contribution in [-0.4, -0.2) is 45.1 Å². The molecule has 0 aromatic heterocycles. The van der Waals surface area contributed by atoms with Crippen LogP contribution in [0.3, 0.4) is 0 Å². The molecule has 16 heavy (non-hydrogen) atoms. The molecule has 0 aromatic rings. The molecule has 0 bridgehead atoms. The van der Waals surface area contributed by atoms with Crippen LogP contribution in [0.1, 0.15) is 39.5 Å². The van der Waals surface area contributed by atoms with Gasteiger partial charge in [-0.2, -0.15) is 0 Å². The third-order valence-corrected chi connectivity index (χ3v) is 5.31. The third kappa shape index (κ3) is 2.38. The molecule has 2 aliphatic heterocycles. The summed E-state index contributed by atoms with van der Waals surface area (Å²) in [4.78, 5) is 14.3. The van der Waals surface area contributed by atoms with Crippen molar-refractivity contribution in [3.8, 4) is 0 Å². The molecule has 2 rings (SSSR count). The molecule has 0 radical (unpaired) electrons. The second kappa shape index (κ2) is 4.22. The maximum atomic E-state index is 12.4. The summed E-state index contributed by atoms with van der Waals surface area (Å²) in [5.41, 5.74) is -0.569. The Morgan fingerprint density at radius 2 is 1.88 bits per heavy atom. The standard InChI is InChI=1S/C12H21NO2S/c1-11(15)5-7-13(8-6-11)10(14)12(2)4-3-9-16-12/h15H,3-9H2,1-2H3. The second-order valence-corrected chi connectivity index (χ2v) is 7.07. The van der Waals surface area contributed by atoms with E-state index in [2.05, 4.69) is 6.92 Å². The van der Waals surface area contributed by atoms with E-state index in [1.54, 1.807) is 11.8 Å². The Kier molecular flexibility index (Phi) is 3.23. The number of rotatable bonds is 1. The SMILES string of the molecule is CC1(O)CCN(C(=O)C2(C)CCCS2)CC1. The van der Waals surface area contributed by atoms with E-state index < -0.39 is 5.60 Å². The average Bonchev–Trinajstić information content (AvgIpc) is 2.66. The van der Waals surface area contributed by atoms with Gasteiger partial charge in [-0.3, -0.25) is 4.79 Å². The molecule has 2 aliphatic rings. The number of nitrogens with zero attached hydrogens (tertiary/aromatic N) is 1. The van der Waals surface area contributed by atoms with Crippen molar-refractivity contribution in [2.24, 2.45) is 0 Å². The van der Waals surface area contributed by atoms with Gasteiger partial charge in [-0.05, 0) is 45.3 Å². The number of amides is 1. The van der Waals surface area contributed by atoms with Crippen LogP contribution in [0.2, 0.25) is 0 Å². The molecular formula is C12H21NO2S. The molecule has 92 valence electrons. The predicted molar refractivity (Wildman–Crippen MR) is 66.5 cm³/mol. The van der Waals surface area contributed by atoms with Crippen molar-refractivity contribution in [1.82, 2.24) is 4.90 Å². The molecular weight excluding hydrogens is 222 g/mol. The molecule has 0 aromatic carbocycles. The predicted octanol–water partition coefficient (Wildman–Crippen LogP) is 1.65. The molecule has 4 heteroatoms.